The van der Waals surface area contributed by atoms with E-state index in [1.54, 1.807) is 25.1 Å². The lowest BCUT2D eigenvalue weighted by Gasteiger charge is -2.45. The average molecular weight is 500 g/mol. The number of halogens is 2. The summed E-state index contributed by atoms with van der Waals surface area (Å²) in [6.07, 6.45) is 4.83. The van der Waals surface area contributed by atoms with Crippen molar-refractivity contribution in [1.82, 2.24) is 15.4 Å². The van der Waals surface area contributed by atoms with Gasteiger partial charge in [-0.2, -0.15) is 0 Å². The van der Waals surface area contributed by atoms with Crippen molar-refractivity contribution >= 4 is 29.1 Å². The van der Waals surface area contributed by atoms with Crippen LogP contribution in [0.1, 0.15) is 52.9 Å². The maximum Gasteiger partial charge on any atom is 0.257 e. The third-order valence-corrected chi connectivity index (χ3v) is 7.90. The van der Waals surface area contributed by atoms with Gasteiger partial charge < -0.3 is 14.7 Å². The first-order valence-corrected chi connectivity index (χ1v) is 12.4. The highest BCUT2D eigenvalue weighted by molar-refractivity contribution is 6.39. The summed E-state index contributed by atoms with van der Waals surface area (Å²) in [6, 6.07) is 13.9. The van der Waals surface area contributed by atoms with Crippen molar-refractivity contribution in [1.29, 1.82) is 0 Å². The second kappa shape index (κ2) is 10.1. The van der Waals surface area contributed by atoms with Crippen LogP contribution in [0.2, 0.25) is 10.0 Å². The SMILES string of the molecule is Cc1ccccc1CC1(N(C)C)CCC(NC(=O)c2c(-c3c(Cl)cccc3Cl)noc2C)CC1. The van der Waals surface area contributed by atoms with E-state index >= 15 is 0 Å². The van der Waals surface area contributed by atoms with Gasteiger partial charge in [-0.15, -0.1) is 0 Å². The number of aromatic nitrogens is 1. The molecule has 0 atom stereocenters. The summed E-state index contributed by atoms with van der Waals surface area (Å²) in [6.45, 7) is 3.91. The highest BCUT2D eigenvalue weighted by atomic mass is 35.5. The van der Waals surface area contributed by atoms with Crippen molar-refractivity contribution in [3.8, 4) is 11.3 Å². The van der Waals surface area contributed by atoms with Crippen LogP contribution < -0.4 is 5.32 Å². The molecule has 0 bridgehead atoms. The zero-order valence-corrected chi connectivity index (χ0v) is 21.6. The van der Waals surface area contributed by atoms with Gasteiger partial charge in [-0.05, 0) is 83.3 Å². The molecular weight excluding hydrogens is 469 g/mol. The Balaban J connectivity index is 1.49. The van der Waals surface area contributed by atoms with Gasteiger partial charge in [0.05, 0.1) is 10.0 Å². The van der Waals surface area contributed by atoms with Crippen LogP contribution in [0.3, 0.4) is 0 Å². The van der Waals surface area contributed by atoms with E-state index in [9.17, 15) is 4.79 Å². The smallest absolute Gasteiger partial charge is 0.257 e. The molecule has 0 radical (unpaired) electrons. The van der Waals surface area contributed by atoms with Crippen LogP contribution in [0.4, 0.5) is 0 Å². The van der Waals surface area contributed by atoms with Gasteiger partial charge in [0.1, 0.15) is 17.0 Å². The van der Waals surface area contributed by atoms with Crippen LogP contribution in [0.25, 0.3) is 11.3 Å². The molecule has 1 heterocycles. The summed E-state index contributed by atoms with van der Waals surface area (Å²) in [5, 5.41) is 8.19. The first kappa shape index (κ1) is 24.8. The molecule has 0 aliphatic heterocycles. The monoisotopic (exact) mass is 499 g/mol. The maximum absolute atomic E-state index is 13.3. The Labute approximate surface area is 211 Å². The molecule has 0 unspecified atom stereocenters. The number of likely N-dealkylation sites (N-methyl/N-ethyl adjacent to an activating group) is 1. The fourth-order valence-corrected chi connectivity index (χ4v) is 5.61. The number of nitrogens with zero attached hydrogens (tertiary/aromatic N) is 2. The second-order valence-corrected chi connectivity index (χ2v) is 10.3. The zero-order chi connectivity index (χ0) is 24.5. The lowest BCUT2D eigenvalue weighted by atomic mass is 9.74. The Bertz CT molecular complexity index is 1160. The summed E-state index contributed by atoms with van der Waals surface area (Å²) in [7, 11) is 4.33. The normalized spacial score (nSPS) is 20.5. The molecule has 1 saturated carbocycles. The van der Waals surface area contributed by atoms with Crippen LogP contribution in [-0.4, -0.2) is 41.6 Å². The summed E-state index contributed by atoms with van der Waals surface area (Å²) < 4.78 is 5.38. The Morgan fingerprint density at radius 2 is 1.74 bits per heavy atom. The molecule has 2 aromatic carbocycles. The number of aryl methyl sites for hydroxylation is 2. The van der Waals surface area contributed by atoms with E-state index in [1.165, 1.54) is 11.1 Å². The van der Waals surface area contributed by atoms with Gasteiger partial charge >= 0.3 is 0 Å². The predicted molar refractivity (Wildman–Crippen MR) is 138 cm³/mol. The molecular formula is C27H31Cl2N3O2. The quantitative estimate of drug-likeness (QED) is 0.421. The summed E-state index contributed by atoms with van der Waals surface area (Å²) in [5.74, 6) is 0.243. The van der Waals surface area contributed by atoms with Crippen LogP contribution in [-0.2, 0) is 6.42 Å². The van der Waals surface area contributed by atoms with E-state index < -0.39 is 0 Å². The van der Waals surface area contributed by atoms with Gasteiger partial charge in [0.25, 0.3) is 5.91 Å². The second-order valence-electron chi connectivity index (χ2n) is 9.53. The number of carbonyl (C=O) groups excluding carboxylic acids is 1. The minimum atomic E-state index is -0.203. The van der Waals surface area contributed by atoms with Crippen molar-refractivity contribution < 1.29 is 9.32 Å². The van der Waals surface area contributed by atoms with Crippen molar-refractivity contribution in [2.24, 2.45) is 0 Å². The molecule has 1 aliphatic carbocycles. The molecule has 180 valence electrons. The Morgan fingerprint density at radius 3 is 2.35 bits per heavy atom. The lowest BCUT2D eigenvalue weighted by Crippen LogP contribution is -2.52. The average Bonchev–Trinajstić information content (AvgIpc) is 3.17. The summed E-state index contributed by atoms with van der Waals surface area (Å²) in [4.78, 5) is 15.7. The van der Waals surface area contributed by atoms with Gasteiger partial charge in [0, 0.05) is 17.1 Å². The molecule has 1 aliphatic rings. The van der Waals surface area contributed by atoms with Gasteiger partial charge in [0.15, 0.2) is 0 Å². The fourth-order valence-electron chi connectivity index (χ4n) is 5.04. The molecule has 0 spiro atoms. The number of carbonyl (C=O) groups is 1. The first-order chi connectivity index (χ1) is 16.2. The minimum absolute atomic E-state index is 0.0801. The van der Waals surface area contributed by atoms with Gasteiger partial charge in [-0.1, -0.05) is 58.7 Å². The van der Waals surface area contributed by atoms with E-state index in [0.717, 1.165) is 32.1 Å². The Morgan fingerprint density at radius 1 is 1.09 bits per heavy atom. The van der Waals surface area contributed by atoms with Crippen molar-refractivity contribution in [3.63, 3.8) is 0 Å². The highest BCUT2D eigenvalue weighted by Gasteiger charge is 2.38. The zero-order valence-electron chi connectivity index (χ0n) is 20.1. The molecule has 3 aromatic rings. The van der Waals surface area contributed by atoms with Gasteiger partial charge in [-0.3, -0.25) is 4.79 Å². The number of benzene rings is 2. The van der Waals surface area contributed by atoms with Crippen molar-refractivity contribution in [2.75, 3.05) is 14.1 Å². The van der Waals surface area contributed by atoms with E-state index in [-0.39, 0.29) is 17.5 Å². The highest BCUT2D eigenvalue weighted by Crippen LogP contribution is 2.38. The van der Waals surface area contributed by atoms with Crippen molar-refractivity contribution in [3.05, 3.63) is 75.0 Å². The molecule has 4 rings (SSSR count). The minimum Gasteiger partial charge on any atom is -0.360 e. The van der Waals surface area contributed by atoms with Crippen LogP contribution in [0, 0.1) is 13.8 Å². The van der Waals surface area contributed by atoms with Gasteiger partial charge in [0.2, 0.25) is 0 Å². The molecule has 34 heavy (non-hydrogen) atoms. The van der Waals surface area contributed by atoms with E-state index in [2.05, 4.69) is 60.7 Å². The third-order valence-electron chi connectivity index (χ3n) is 7.27. The fraction of sp³-hybridized carbons (Fsp3) is 0.407. The summed E-state index contributed by atoms with van der Waals surface area (Å²) in [5.41, 5.74) is 4.08. The topological polar surface area (TPSA) is 58.4 Å². The summed E-state index contributed by atoms with van der Waals surface area (Å²) >= 11 is 12.8. The standard InChI is InChI=1S/C27H31Cl2N3O2/c1-17-8-5-6-9-19(17)16-27(32(3)4)14-12-20(13-15-27)30-26(33)23-18(2)34-31-25(23)24-21(28)10-7-11-22(24)29/h5-11,20H,12-16H2,1-4H3,(H,30,33). The van der Waals surface area contributed by atoms with Crippen molar-refractivity contribution in [2.45, 2.75) is 57.5 Å². The van der Waals surface area contributed by atoms with Crippen LogP contribution in [0.5, 0.6) is 0 Å². The van der Waals surface area contributed by atoms with E-state index in [0.29, 0.717) is 32.6 Å². The van der Waals surface area contributed by atoms with Crippen LogP contribution in [0.15, 0.2) is 47.0 Å². The first-order valence-electron chi connectivity index (χ1n) is 11.7. The Hall–Kier alpha value is -2.34. The van der Waals surface area contributed by atoms with Crippen LogP contribution >= 0.6 is 23.2 Å². The molecule has 1 aromatic heterocycles. The number of nitrogens with one attached hydrogen (secondary N) is 1. The number of hydrogen-bond donors (Lipinski definition) is 1. The molecule has 1 fully saturated rings. The molecule has 5 nitrogen and oxygen atoms in total. The van der Waals surface area contributed by atoms with E-state index in [4.69, 9.17) is 27.7 Å². The largest absolute Gasteiger partial charge is 0.360 e. The van der Waals surface area contributed by atoms with Gasteiger partial charge in [-0.25, -0.2) is 0 Å². The lowest BCUT2D eigenvalue weighted by molar-refractivity contribution is 0.0768. The van der Waals surface area contributed by atoms with E-state index in [1.807, 2.05) is 0 Å². The number of amides is 1. The predicted octanol–water partition coefficient (Wildman–Crippen LogP) is 6.48. The number of rotatable bonds is 6. The molecule has 7 heteroatoms. The molecule has 1 N–H and O–H groups in total. The molecule has 0 saturated heterocycles. The Kier molecular flexibility index (Phi) is 7.36. The molecule has 1 amide bonds. The number of hydrogen-bond acceptors (Lipinski definition) is 4. The maximum atomic E-state index is 13.3. The third kappa shape index (κ3) is 4.88.